The summed E-state index contributed by atoms with van der Waals surface area (Å²) in [4.78, 5) is 21.3. The normalized spacial score (nSPS) is 10.2. The van der Waals surface area contributed by atoms with Gasteiger partial charge in [-0.25, -0.2) is 4.79 Å². The van der Waals surface area contributed by atoms with Crippen LogP contribution in [-0.2, 0) is 11.3 Å². The van der Waals surface area contributed by atoms with Gasteiger partial charge in [-0.15, -0.1) is 0 Å². The zero-order valence-corrected chi connectivity index (χ0v) is 10.2. The Hall–Kier alpha value is -2.63. The minimum absolute atomic E-state index is 0.0923. The van der Waals surface area contributed by atoms with Crippen LogP contribution in [-0.4, -0.2) is 10.9 Å². The van der Waals surface area contributed by atoms with Crippen molar-refractivity contribution in [2.45, 2.75) is 13.5 Å². The molecule has 0 amide bonds. The van der Waals surface area contributed by atoms with Crippen molar-refractivity contribution in [2.75, 3.05) is 0 Å². The van der Waals surface area contributed by atoms with Crippen LogP contribution < -0.4 is 0 Å². The first-order valence-corrected chi connectivity index (χ1v) is 5.53. The van der Waals surface area contributed by atoms with Gasteiger partial charge < -0.3 is 9.15 Å². The fourth-order valence-corrected chi connectivity index (χ4v) is 1.56. The Balaban J connectivity index is 1.99. The highest BCUT2D eigenvalue weighted by atomic mass is 16.7. The molecule has 0 aliphatic rings. The Morgan fingerprint density at radius 2 is 2.16 bits per heavy atom. The first-order valence-electron chi connectivity index (χ1n) is 5.53. The standard InChI is InChI=1S/C13H11NO5/c1-9-3-2-4-10(7-9)8-18-13(15)11-5-6-12(19-11)14(16)17/h2-7H,8H2,1H3. The smallest absolute Gasteiger partial charge is 0.433 e. The van der Waals surface area contributed by atoms with Gasteiger partial charge in [-0.2, -0.15) is 0 Å². The number of hydrogen-bond acceptors (Lipinski definition) is 5. The monoisotopic (exact) mass is 261 g/mol. The Kier molecular flexibility index (Phi) is 3.61. The van der Waals surface area contributed by atoms with Crippen LogP contribution in [0.2, 0.25) is 0 Å². The van der Waals surface area contributed by atoms with Crippen LogP contribution in [0, 0.1) is 17.0 Å². The van der Waals surface area contributed by atoms with Gasteiger partial charge in [0, 0.05) is 0 Å². The average molecular weight is 261 g/mol. The van der Waals surface area contributed by atoms with Gasteiger partial charge in [-0.1, -0.05) is 29.8 Å². The highest BCUT2D eigenvalue weighted by Gasteiger charge is 2.18. The molecule has 0 aliphatic heterocycles. The molecule has 6 heteroatoms. The van der Waals surface area contributed by atoms with E-state index < -0.39 is 16.8 Å². The van der Waals surface area contributed by atoms with Crippen LogP contribution >= 0.6 is 0 Å². The average Bonchev–Trinajstić information content (AvgIpc) is 2.86. The first kappa shape index (κ1) is 12.8. The molecule has 0 saturated heterocycles. The molecule has 0 radical (unpaired) electrons. The van der Waals surface area contributed by atoms with Crippen LogP contribution in [0.15, 0.2) is 40.8 Å². The Labute approximate surface area is 108 Å². The van der Waals surface area contributed by atoms with Crippen molar-refractivity contribution in [1.29, 1.82) is 0 Å². The summed E-state index contributed by atoms with van der Waals surface area (Å²) in [6.07, 6.45) is 0. The molecule has 2 aromatic rings. The molecule has 1 aromatic carbocycles. The van der Waals surface area contributed by atoms with Gasteiger partial charge >= 0.3 is 11.9 Å². The first-order chi connectivity index (χ1) is 9.06. The Morgan fingerprint density at radius 3 is 2.79 bits per heavy atom. The molecule has 0 unspecified atom stereocenters. The quantitative estimate of drug-likeness (QED) is 0.480. The van der Waals surface area contributed by atoms with E-state index in [1.54, 1.807) is 0 Å². The van der Waals surface area contributed by atoms with Crippen LogP contribution in [0.1, 0.15) is 21.7 Å². The van der Waals surface area contributed by atoms with Gasteiger partial charge in [-0.05, 0) is 18.6 Å². The van der Waals surface area contributed by atoms with E-state index in [4.69, 9.17) is 9.15 Å². The molecule has 98 valence electrons. The van der Waals surface area contributed by atoms with Gasteiger partial charge in [0.25, 0.3) is 0 Å². The predicted molar refractivity (Wildman–Crippen MR) is 65.7 cm³/mol. The van der Waals surface area contributed by atoms with Crippen molar-refractivity contribution < 1.29 is 18.9 Å². The number of hydrogen-bond donors (Lipinski definition) is 0. The molecule has 0 saturated carbocycles. The lowest BCUT2D eigenvalue weighted by atomic mass is 10.1. The van der Waals surface area contributed by atoms with Crippen molar-refractivity contribution >= 4 is 11.9 Å². The molecule has 0 spiro atoms. The van der Waals surface area contributed by atoms with Gasteiger partial charge in [-0.3, -0.25) is 10.1 Å². The largest absolute Gasteiger partial charge is 0.455 e. The van der Waals surface area contributed by atoms with Gasteiger partial charge in [0.05, 0.1) is 6.07 Å². The molecule has 0 atom stereocenters. The molecule has 0 bridgehead atoms. The highest BCUT2D eigenvalue weighted by molar-refractivity contribution is 5.86. The molecule has 6 nitrogen and oxygen atoms in total. The maximum absolute atomic E-state index is 11.6. The topological polar surface area (TPSA) is 82.6 Å². The number of esters is 1. The van der Waals surface area contributed by atoms with Crippen molar-refractivity contribution in [3.63, 3.8) is 0 Å². The van der Waals surface area contributed by atoms with E-state index in [2.05, 4.69) is 0 Å². The molecule has 0 fully saturated rings. The van der Waals surface area contributed by atoms with E-state index >= 15 is 0 Å². The Bertz CT molecular complexity index is 617. The third kappa shape index (κ3) is 3.19. The number of carbonyl (C=O) groups excluding carboxylic acids is 1. The molecular weight excluding hydrogens is 250 g/mol. The summed E-state index contributed by atoms with van der Waals surface area (Å²) >= 11 is 0. The lowest BCUT2D eigenvalue weighted by Crippen LogP contribution is -2.04. The van der Waals surface area contributed by atoms with E-state index in [1.807, 2.05) is 31.2 Å². The zero-order valence-electron chi connectivity index (χ0n) is 10.2. The number of furan rings is 1. The number of benzene rings is 1. The minimum atomic E-state index is -0.727. The lowest BCUT2D eigenvalue weighted by Gasteiger charge is -2.03. The second kappa shape index (κ2) is 5.34. The summed E-state index contributed by atoms with van der Waals surface area (Å²) in [5.74, 6) is -1.39. The van der Waals surface area contributed by atoms with Crippen LogP contribution in [0.4, 0.5) is 5.88 Å². The predicted octanol–water partition coefficient (Wildman–Crippen LogP) is 2.85. The van der Waals surface area contributed by atoms with Crippen LogP contribution in [0.25, 0.3) is 0 Å². The van der Waals surface area contributed by atoms with Gasteiger partial charge in [0.15, 0.2) is 0 Å². The zero-order chi connectivity index (χ0) is 13.8. The van der Waals surface area contributed by atoms with Gasteiger partial charge in [0.1, 0.15) is 11.5 Å². The summed E-state index contributed by atoms with van der Waals surface area (Å²) in [6, 6.07) is 9.83. The summed E-state index contributed by atoms with van der Waals surface area (Å²) < 4.78 is 9.75. The van der Waals surface area contributed by atoms with Crippen LogP contribution in [0.3, 0.4) is 0 Å². The third-order valence-electron chi connectivity index (χ3n) is 2.43. The second-order valence-corrected chi connectivity index (χ2v) is 3.96. The summed E-state index contributed by atoms with van der Waals surface area (Å²) in [5.41, 5.74) is 1.90. The molecular formula is C13H11NO5. The van der Waals surface area contributed by atoms with Gasteiger partial charge in [0.2, 0.25) is 5.76 Å². The molecule has 0 aliphatic carbocycles. The Morgan fingerprint density at radius 1 is 1.37 bits per heavy atom. The third-order valence-corrected chi connectivity index (χ3v) is 2.43. The maximum Gasteiger partial charge on any atom is 0.433 e. The number of nitro groups is 1. The molecule has 2 rings (SSSR count). The van der Waals surface area contributed by atoms with E-state index in [-0.39, 0.29) is 12.4 Å². The number of aryl methyl sites for hydroxylation is 1. The minimum Gasteiger partial charge on any atom is -0.455 e. The lowest BCUT2D eigenvalue weighted by molar-refractivity contribution is -0.402. The fraction of sp³-hybridized carbons (Fsp3) is 0.154. The number of carbonyl (C=O) groups is 1. The molecule has 0 N–H and O–H groups in total. The van der Waals surface area contributed by atoms with Crippen molar-refractivity contribution in [3.8, 4) is 0 Å². The van der Waals surface area contributed by atoms with Crippen molar-refractivity contribution in [1.82, 2.24) is 0 Å². The van der Waals surface area contributed by atoms with E-state index in [0.29, 0.717) is 0 Å². The maximum atomic E-state index is 11.6. The molecule has 19 heavy (non-hydrogen) atoms. The highest BCUT2D eigenvalue weighted by Crippen LogP contribution is 2.17. The number of nitrogens with zero attached hydrogens (tertiary/aromatic N) is 1. The van der Waals surface area contributed by atoms with Crippen molar-refractivity contribution in [3.05, 3.63) is 63.4 Å². The fourth-order valence-electron chi connectivity index (χ4n) is 1.56. The van der Waals surface area contributed by atoms with Crippen molar-refractivity contribution in [2.24, 2.45) is 0 Å². The number of rotatable bonds is 4. The SMILES string of the molecule is Cc1cccc(COC(=O)c2ccc([N+](=O)[O-])o2)c1. The van der Waals surface area contributed by atoms with E-state index in [1.165, 1.54) is 6.07 Å². The summed E-state index contributed by atoms with van der Waals surface area (Å²) in [7, 11) is 0. The summed E-state index contributed by atoms with van der Waals surface area (Å²) in [5, 5.41) is 10.4. The van der Waals surface area contributed by atoms with E-state index in [9.17, 15) is 14.9 Å². The van der Waals surface area contributed by atoms with E-state index in [0.717, 1.165) is 17.2 Å². The second-order valence-electron chi connectivity index (χ2n) is 3.96. The molecule has 1 aromatic heterocycles. The molecule has 1 heterocycles. The van der Waals surface area contributed by atoms with Crippen LogP contribution in [0.5, 0.6) is 0 Å². The number of ether oxygens (including phenoxy) is 1. The summed E-state index contributed by atoms with van der Waals surface area (Å²) in [6.45, 7) is 2.02.